The average Bonchev–Trinajstić information content (AvgIpc) is 2.83. The van der Waals surface area contributed by atoms with Crippen molar-refractivity contribution in [2.24, 2.45) is 0 Å². The number of carboxylic acid groups (broad SMARTS) is 2. The quantitative estimate of drug-likeness (QED) is 0.324. The number of aliphatic carboxylic acids is 2. The van der Waals surface area contributed by atoms with E-state index in [1.165, 1.54) is 6.92 Å². The topological polar surface area (TPSA) is 162 Å². The highest BCUT2D eigenvalue weighted by atomic mass is 32.2. The van der Waals surface area contributed by atoms with E-state index >= 15 is 0 Å². The van der Waals surface area contributed by atoms with Gasteiger partial charge in [-0.05, 0) is 31.2 Å². The first-order valence-corrected chi connectivity index (χ1v) is 12.3. The number of piperazine rings is 1. The molecule has 202 valence electrons. The van der Waals surface area contributed by atoms with Gasteiger partial charge in [-0.3, -0.25) is 9.69 Å². The van der Waals surface area contributed by atoms with Gasteiger partial charge in [0.15, 0.2) is 10.7 Å². The van der Waals surface area contributed by atoms with Crippen LogP contribution in [0, 0.1) is 11.6 Å². The number of ether oxygens (including phenoxy) is 1. The molecule has 1 aliphatic heterocycles. The minimum Gasteiger partial charge on any atom is -0.491 e. The van der Waals surface area contributed by atoms with Crippen LogP contribution in [0.1, 0.15) is 17.3 Å². The number of carboxylic acids is 2. The Morgan fingerprint density at radius 1 is 0.973 bits per heavy atom. The van der Waals surface area contributed by atoms with Crippen LogP contribution in [0.3, 0.4) is 0 Å². The van der Waals surface area contributed by atoms with Crippen LogP contribution < -0.4 is 4.74 Å². The molecule has 37 heavy (non-hydrogen) atoms. The van der Waals surface area contributed by atoms with Gasteiger partial charge < -0.3 is 20.1 Å². The van der Waals surface area contributed by atoms with E-state index < -0.39 is 44.6 Å². The standard InChI is InChI=1S/C21H24F2N2O5S.C2H2O4/c1-15(26)16-4-2-5-18(12-16)30-14-17(27)13-24-8-10-25(11-9-24)31(28,29)21-19(22)6-3-7-20(21)23;3-1(4)2(5)6/h2-7,12,17,27H,8-11,13-14H2,1H3;(H,3,4)(H,5,6). The predicted octanol–water partition coefficient (Wildman–Crippen LogP) is 1.07. The highest BCUT2D eigenvalue weighted by Gasteiger charge is 2.33. The van der Waals surface area contributed by atoms with Gasteiger partial charge in [-0.1, -0.05) is 18.2 Å². The molecule has 0 aliphatic carbocycles. The van der Waals surface area contributed by atoms with Gasteiger partial charge in [-0.15, -0.1) is 0 Å². The summed E-state index contributed by atoms with van der Waals surface area (Å²) in [5.41, 5.74) is 0.510. The lowest BCUT2D eigenvalue weighted by atomic mass is 10.1. The van der Waals surface area contributed by atoms with E-state index in [2.05, 4.69) is 0 Å². The van der Waals surface area contributed by atoms with Gasteiger partial charge >= 0.3 is 11.9 Å². The average molecular weight is 545 g/mol. The first-order valence-electron chi connectivity index (χ1n) is 10.9. The molecule has 1 heterocycles. The third kappa shape index (κ3) is 8.56. The molecule has 11 nitrogen and oxygen atoms in total. The summed E-state index contributed by atoms with van der Waals surface area (Å²) < 4.78 is 59.7. The van der Waals surface area contributed by atoms with Crippen molar-refractivity contribution < 1.29 is 51.6 Å². The smallest absolute Gasteiger partial charge is 0.414 e. The summed E-state index contributed by atoms with van der Waals surface area (Å²) in [6.07, 6.45) is -0.840. The van der Waals surface area contributed by atoms with E-state index in [0.29, 0.717) is 24.4 Å². The lowest BCUT2D eigenvalue weighted by molar-refractivity contribution is -0.159. The number of halogens is 2. The summed E-state index contributed by atoms with van der Waals surface area (Å²) in [7, 11) is -4.29. The zero-order chi connectivity index (χ0) is 27.8. The number of nitrogens with zero attached hydrogens (tertiary/aromatic N) is 2. The molecule has 3 rings (SSSR count). The van der Waals surface area contributed by atoms with Crippen LogP contribution in [0.2, 0.25) is 0 Å². The molecule has 3 N–H and O–H groups in total. The number of hydrogen-bond acceptors (Lipinski definition) is 8. The van der Waals surface area contributed by atoms with Gasteiger partial charge in [0.2, 0.25) is 10.0 Å². The van der Waals surface area contributed by atoms with Crippen LogP contribution in [0.15, 0.2) is 47.4 Å². The van der Waals surface area contributed by atoms with Gasteiger partial charge in [0.05, 0.1) is 0 Å². The Morgan fingerprint density at radius 2 is 1.51 bits per heavy atom. The minimum absolute atomic E-state index is 0.000306. The predicted molar refractivity (Wildman–Crippen MR) is 125 cm³/mol. The molecular weight excluding hydrogens is 518 g/mol. The van der Waals surface area contributed by atoms with E-state index in [-0.39, 0.29) is 32.0 Å². The number of hydrogen-bond donors (Lipinski definition) is 3. The Kier molecular flexibility index (Phi) is 10.6. The Hall–Kier alpha value is -3.46. The highest BCUT2D eigenvalue weighted by molar-refractivity contribution is 7.89. The normalized spacial score (nSPS) is 15.2. The zero-order valence-electron chi connectivity index (χ0n) is 19.7. The van der Waals surface area contributed by atoms with Gasteiger partial charge in [-0.25, -0.2) is 26.8 Å². The van der Waals surface area contributed by atoms with Crippen molar-refractivity contribution in [1.82, 2.24) is 9.21 Å². The van der Waals surface area contributed by atoms with Crippen LogP contribution in [0.4, 0.5) is 8.78 Å². The summed E-state index contributed by atoms with van der Waals surface area (Å²) in [4.78, 5) is 30.5. The lowest BCUT2D eigenvalue weighted by Crippen LogP contribution is -2.51. The van der Waals surface area contributed by atoms with Crippen LogP contribution in [0.5, 0.6) is 5.75 Å². The van der Waals surface area contributed by atoms with Crippen LogP contribution >= 0.6 is 0 Å². The molecule has 0 radical (unpaired) electrons. The Morgan fingerprint density at radius 3 is 2.03 bits per heavy atom. The number of aliphatic hydroxyl groups is 1. The second-order valence-corrected chi connectivity index (χ2v) is 9.79. The summed E-state index contributed by atoms with van der Waals surface area (Å²) in [5.74, 6) is -5.51. The van der Waals surface area contributed by atoms with Gasteiger partial charge in [0.1, 0.15) is 30.1 Å². The molecule has 0 aromatic heterocycles. The highest BCUT2D eigenvalue weighted by Crippen LogP contribution is 2.23. The Balaban J connectivity index is 0.000000717. The van der Waals surface area contributed by atoms with E-state index in [1.807, 2.05) is 4.90 Å². The fourth-order valence-corrected chi connectivity index (χ4v) is 4.89. The van der Waals surface area contributed by atoms with Gasteiger partial charge in [0, 0.05) is 38.3 Å². The summed E-state index contributed by atoms with van der Waals surface area (Å²) >= 11 is 0. The fraction of sp³-hybridized carbons (Fsp3) is 0.348. The van der Waals surface area contributed by atoms with Crippen molar-refractivity contribution in [1.29, 1.82) is 0 Å². The summed E-state index contributed by atoms with van der Waals surface area (Å²) in [6, 6.07) is 9.58. The second kappa shape index (κ2) is 13.2. The van der Waals surface area contributed by atoms with Crippen molar-refractivity contribution in [2.45, 2.75) is 17.9 Å². The third-order valence-electron chi connectivity index (χ3n) is 5.18. The molecule has 14 heteroatoms. The molecule has 0 saturated carbocycles. The number of carbonyl (C=O) groups is 3. The van der Waals surface area contributed by atoms with E-state index in [4.69, 9.17) is 24.5 Å². The van der Waals surface area contributed by atoms with Crippen molar-refractivity contribution in [2.75, 3.05) is 39.3 Å². The molecule has 2 aromatic rings. The minimum atomic E-state index is -4.29. The van der Waals surface area contributed by atoms with Gasteiger partial charge in [-0.2, -0.15) is 4.31 Å². The van der Waals surface area contributed by atoms with E-state index in [0.717, 1.165) is 22.5 Å². The number of rotatable bonds is 8. The molecule has 1 atom stereocenters. The number of benzene rings is 2. The van der Waals surface area contributed by atoms with Crippen molar-refractivity contribution >= 4 is 27.7 Å². The Labute approximate surface area is 211 Å². The molecule has 1 unspecified atom stereocenters. The SMILES string of the molecule is CC(=O)c1cccc(OCC(O)CN2CCN(S(=O)(=O)c3c(F)cccc3F)CC2)c1.O=C(O)C(=O)O. The maximum atomic E-state index is 13.9. The van der Waals surface area contributed by atoms with E-state index in [1.54, 1.807) is 24.3 Å². The number of carbonyl (C=O) groups excluding carboxylic acids is 1. The van der Waals surface area contributed by atoms with Crippen LogP contribution in [0.25, 0.3) is 0 Å². The third-order valence-corrected chi connectivity index (χ3v) is 7.13. The van der Waals surface area contributed by atoms with Crippen LogP contribution in [-0.4, -0.2) is 96.1 Å². The first-order chi connectivity index (χ1) is 17.3. The number of sulfonamides is 1. The number of β-amino-alcohol motifs (C(OH)–C–C–N with tert-alkyl or cyclic N) is 1. The second-order valence-electron chi connectivity index (χ2n) is 7.91. The number of aliphatic hydroxyl groups excluding tert-OH is 1. The first kappa shape index (κ1) is 29.8. The summed E-state index contributed by atoms with van der Waals surface area (Å²) in [5, 5.41) is 25.0. The maximum absolute atomic E-state index is 13.9. The number of ketones is 1. The monoisotopic (exact) mass is 544 g/mol. The Bertz CT molecular complexity index is 1200. The van der Waals surface area contributed by atoms with Crippen molar-refractivity contribution in [3.8, 4) is 5.75 Å². The molecule has 2 aromatic carbocycles. The lowest BCUT2D eigenvalue weighted by Gasteiger charge is -2.34. The zero-order valence-corrected chi connectivity index (χ0v) is 20.5. The summed E-state index contributed by atoms with van der Waals surface area (Å²) in [6.45, 7) is 2.38. The number of Topliss-reactive ketones (excluding diaryl/α,β-unsaturated/α-hetero) is 1. The van der Waals surface area contributed by atoms with Crippen molar-refractivity contribution in [3.05, 3.63) is 59.7 Å². The molecular formula is C23H26F2N2O9S. The molecule has 0 spiro atoms. The molecule has 0 bridgehead atoms. The molecule has 1 saturated heterocycles. The van der Waals surface area contributed by atoms with Gasteiger partial charge in [0.25, 0.3) is 0 Å². The van der Waals surface area contributed by atoms with Crippen LogP contribution in [-0.2, 0) is 19.6 Å². The maximum Gasteiger partial charge on any atom is 0.414 e. The molecule has 0 amide bonds. The molecule has 1 aliphatic rings. The fourth-order valence-electron chi connectivity index (χ4n) is 3.36. The molecule has 1 fully saturated rings. The largest absolute Gasteiger partial charge is 0.491 e. The van der Waals surface area contributed by atoms with Crippen molar-refractivity contribution in [3.63, 3.8) is 0 Å². The van der Waals surface area contributed by atoms with E-state index in [9.17, 15) is 27.1 Å².